The zero-order valence-corrected chi connectivity index (χ0v) is 10.8. The van der Waals surface area contributed by atoms with E-state index < -0.39 is 23.6 Å². The molecule has 0 bridgehead atoms. The molecule has 1 aliphatic heterocycles. The maximum absolute atomic E-state index is 11.9. The van der Waals surface area contributed by atoms with Crippen molar-refractivity contribution in [3.05, 3.63) is 0 Å². The molecular formula is C11H19N3O4. The van der Waals surface area contributed by atoms with Crippen LogP contribution in [0.25, 0.3) is 0 Å². The molecular weight excluding hydrogens is 238 g/mol. The van der Waals surface area contributed by atoms with E-state index in [1.165, 1.54) is 20.9 Å². The van der Waals surface area contributed by atoms with Gasteiger partial charge in [0.25, 0.3) is 0 Å². The number of likely N-dealkylation sites (N-methyl/N-ethyl adjacent to an activating group) is 1. The van der Waals surface area contributed by atoms with Crippen LogP contribution in [-0.2, 0) is 9.59 Å². The highest BCUT2D eigenvalue weighted by atomic mass is 16.4. The highest BCUT2D eigenvalue weighted by Crippen LogP contribution is 2.13. The molecule has 3 amide bonds. The van der Waals surface area contributed by atoms with Crippen LogP contribution in [-0.4, -0.2) is 53.1 Å². The lowest BCUT2D eigenvalue weighted by Gasteiger charge is -2.33. The van der Waals surface area contributed by atoms with E-state index in [4.69, 9.17) is 5.11 Å². The Hall–Kier alpha value is -1.79. The fourth-order valence-electron chi connectivity index (χ4n) is 1.55. The molecule has 1 fully saturated rings. The second-order valence-electron chi connectivity index (χ2n) is 4.86. The van der Waals surface area contributed by atoms with Gasteiger partial charge in [-0.2, -0.15) is 0 Å². The smallest absolute Gasteiger partial charge is 0.329 e. The summed E-state index contributed by atoms with van der Waals surface area (Å²) in [6.45, 7) is 3.47. The van der Waals surface area contributed by atoms with Gasteiger partial charge >= 0.3 is 12.0 Å². The Morgan fingerprint density at radius 2 is 2.11 bits per heavy atom. The average Bonchev–Trinajstić information content (AvgIpc) is 2.30. The number of carbonyl (C=O) groups excluding carboxylic acids is 2. The van der Waals surface area contributed by atoms with Crippen molar-refractivity contribution in [2.45, 2.75) is 38.3 Å². The SMILES string of the molecule is CN(C(=O)NC1CCCNC1=O)C(C)(C)C(=O)O. The molecule has 1 aliphatic rings. The van der Waals surface area contributed by atoms with Crippen LogP contribution >= 0.6 is 0 Å². The number of rotatable bonds is 3. The van der Waals surface area contributed by atoms with Crippen LogP contribution in [0.3, 0.4) is 0 Å². The van der Waals surface area contributed by atoms with Crippen LogP contribution in [0, 0.1) is 0 Å². The monoisotopic (exact) mass is 257 g/mol. The molecule has 7 nitrogen and oxygen atoms in total. The van der Waals surface area contributed by atoms with E-state index in [-0.39, 0.29) is 5.91 Å². The van der Waals surface area contributed by atoms with Gasteiger partial charge in [-0.1, -0.05) is 0 Å². The third-order valence-corrected chi connectivity index (χ3v) is 3.25. The second-order valence-corrected chi connectivity index (χ2v) is 4.86. The summed E-state index contributed by atoms with van der Waals surface area (Å²) >= 11 is 0. The number of aliphatic carboxylic acids is 1. The Morgan fingerprint density at radius 1 is 1.50 bits per heavy atom. The molecule has 18 heavy (non-hydrogen) atoms. The van der Waals surface area contributed by atoms with Gasteiger partial charge in [-0.3, -0.25) is 4.79 Å². The first-order valence-corrected chi connectivity index (χ1v) is 5.82. The Balaban J connectivity index is 2.65. The summed E-state index contributed by atoms with van der Waals surface area (Å²) in [7, 11) is 1.39. The molecule has 0 aromatic heterocycles. The summed E-state index contributed by atoms with van der Waals surface area (Å²) in [5.41, 5.74) is -1.32. The fourth-order valence-corrected chi connectivity index (χ4v) is 1.55. The first-order chi connectivity index (χ1) is 8.26. The maximum Gasteiger partial charge on any atom is 0.329 e. The number of carboxylic acids is 1. The van der Waals surface area contributed by atoms with Crippen molar-refractivity contribution >= 4 is 17.9 Å². The molecule has 0 aromatic rings. The van der Waals surface area contributed by atoms with Crippen LogP contribution in [0.4, 0.5) is 4.79 Å². The fraction of sp³-hybridized carbons (Fsp3) is 0.727. The van der Waals surface area contributed by atoms with Crippen LogP contribution in [0.15, 0.2) is 0 Å². The number of urea groups is 1. The Morgan fingerprint density at radius 3 is 2.61 bits per heavy atom. The summed E-state index contributed by atoms with van der Waals surface area (Å²) in [5, 5.41) is 14.2. The van der Waals surface area contributed by atoms with E-state index in [1.807, 2.05) is 0 Å². The van der Waals surface area contributed by atoms with Gasteiger partial charge < -0.3 is 20.6 Å². The molecule has 102 valence electrons. The standard InChI is InChI=1S/C11H19N3O4/c1-11(2,9(16)17)14(3)10(18)13-7-5-4-6-12-8(7)15/h7H,4-6H2,1-3H3,(H,12,15)(H,13,18)(H,16,17). The van der Waals surface area contributed by atoms with Crippen LogP contribution in [0.5, 0.6) is 0 Å². The van der Waals surface area contributed by atoms with Gasteiger partial charge in [0.05, 0.1) is 0 Å². The summed E-state index contributed by atoms with van der Waals surface area (Å²) in [6.07, 6.45) is 1.36. The summed E-state index contributed by atoms with van der Waals surface area (Å²) < 4.78 is 0. The van der Waals surface area contributed by atoms with Gasteiger partial charge in [-0.05, 0) is 26.7 Å². The van der Waals surface area contributed by atoms with Crippen molar-refractivity contribution < 1.29 is 19.5 Å². The Labute approximate surface area is 106 Å². The molecule has 0 aliphatic carbocycles. The minimum Gasteiger partial charge on any atom is -0.480 e. The van der Waals surface area contributed by atoms with Gasteiger partial charge in [0, 0.05) is 13.6 Å². The van der Waals surface area contributed by atoms with E-state index in [2.05, 4.69) is 10.6 Å². The normalized spacial score (nSPS) is 19.9. The molecule has 0 aromatic carbocycles. The zero-order valence-electron chi connectivity index (χ0n) is 10.8. The zero-order chi connectivity index (χ0) is 13.9. The lowest BCUT2D eigenvalue weighted by atomic mass is 10.0. The van der Waals surface area contributed by atoms with Crippen LogP contribution in [0.2, 0.25) is 0 Å². The minimum atomic E-state index is -1.32. The van der Waals surface area contributed by atoms with E-state index >= 15 is 0 Å². The number of piperidine rings is 1. The first kappa shape index (κ1) is 14.3. The van der Waals surface area contributed by atoms with E-state index in [0.29, 0.717) is 13.0 Å². The lowest BCUT2D eigenvalue weighted by Crippen LogP contribution is -2.58. The third-order valence-electron chi connectivity index (χ3n) is 3.25. The topological polar surface area (TPSA) is 98.7 Å². The number of hydrogen-bond acceptors (Lipinski definition) is 3. The molecule has 7 heteroatoms. The van der Waals surface area contributed by atoms with Gasteiger partial charge in [-0.15, -0.1) is 0 Å². The number of amides is 3. The van der Waals surface area contributed by atoms with E-state index in [1.54, 1.807) is 0 Å². The number of hydrogen-bond donors (Lipinski definition) is 3. The van der Waals surface area contributed by atoms with Gasteiger partial charge in [0.1, 0.15) is 11.6 Å². The Bertz CT molecular complexity index is 367. The van der Waals surface area contributed by atoms with Gasteiger partial charge in [0.2, 0.25) is 5.91 Å². The van der Waals surface area contributed by atoms with E-state index in [9.17, 15) is 14.4 Å². The highest BCUT2D eigenvalue weighted by molar-refractivity contribution is 5.90. The quantitative estimate of drug-likeness (QED) is 0.650. The number of carboxylic acid groups (broad SMARTS) is 1. The molecule has 0 spiro atoms. The molecule has 0 radical (unpaired) electrons. The second kappa shape index (κ2) is 5.24. The van der Waals surface area contributed by atoms with Crippen molar-refractivity contribution in [3.8, 4) is 0 Å². The largest absolute Gasteiger partial charge is 0.480 e. The number of carbonyl (C=O) groups is 3. The van der Waals surface area contributed by atoms with Gasteiger partial charge in [0.15, 0.2) is 0 Å². The summed E-state index contributed by atoms with van der Waals surface area (Å²) in [5.74, 6) is -1.33. The van der Waals surface area contributed by atoms with Crippen molar-refractivity contribution in [3.63, 3.8) is 0 Å². The van der Waals surface area contributed by atoms with Crippen molar-refractivity contribution in [2.24, 2.45) is 0 Å². The first-order valence-electron chi connectivity index (χ1n) is 5.82. The van der Waals surface area contributed by atoms with Crippen molar-refractivity contribution in [2.75, 3.05) is 13.6 Å². The van der Waals surface area contributed by atoms with Crippen molar-refractivity contribution in [1.29, 1.82) is 0 Å². The number of nitrogens with one attached hydrogen (secondary N) is 2. The maximum atomic E-state index is 11.9. The summed E-state index contributed by atoms with van der Waals surface area (Å²) in [6, 6.07) is -1.15. The number of nitrogens with zero attached hydrogens (tertiary/aromatic N) is 1. The van der Waals surface area contributed by atoms with Crippen LogP contribution < -0.4 is 10.6 Å². The van der Waals surface area contributed by atoms with Crippen LogP contribution in [0.1, 0.15) is 26.7 Å². The molecule has 1 unspecified atom stereocenters. The lowest BCUT2D eigenvalue weighted by molar-refractivity contribution is -0.146. The molecule has 1 rings (SSSR count). The minimum absolute atomic E-state index is 0.226. The molecule has 3 N–H and O–H groups in total. The molecule has 1 atom stereocenters. The Kier molecular flexibility index (Phi) is 4.15. The molecule has 1 heterocycles. The van der Waals surface area contributed by atoms with Crippen molar-refractivity contribution in [1.82, 2.24) is 15.5 Å². The summed E-state index contributed by atoms with van der Waals surface area (Å²) in [4.78, 5) is 35.5. The molecule has 1 saturated heterocycles. The average molecular weight is 257 g/mol. The highest BCUT2D eigenvalue weighted by Gasteiger charge is 2.36. The third kappa shape index (κ3) is 2.91. The predicted molar refractivity (Wildman–Crippen MR) is 64.0 cm³/mol. The molecule has 0 saturated carbocycles. The van der Waals surface area contributed by atoms with Gasteiger partial charge in [-0.25, -0.2) is 9.59 Å². The van der Waals surface area contributed by atoms with E-state index in [0.717, 1.165) is 11.3 Å². The predicted octanol–water partition coefficient (Wildman–Crippen LogP) is -0.230.